The molecule has 0 radical (unpaired) electrons. The summed E-state index contributed by atoms with van der Waals surface area (Å²) in [6.07, 6.45) is 6.43. The highest BCUT2D eigenvalue weighted by Gasteiger charge is 2.34. The molecule has 1 aliphatic carbocycles. The molecule has 0 bridgehead atoms. The smallest absolute Gasteiger partial charge is 0.150 e. The average Bonchev–Trinajstić information content (AvgIpc) is 2.38. The summed E-state index contributed by atoms with van der Waals surface area (Å²) < 4.78 is 24.0. The second kappa shape index (κ2) is 8.52. The van der Waals surface area contributed by atoms with Crippen LogP contribution in [0.4, 0.5) is 0 Å². The van der Waals surface area contributed by atoms with E-state index in [4.69, 9.17) is 0 Å². The van der Waals surface area contributed by atoms with Crippen molar-refractivity contribution in [3.05, 3.63) is 0 Å². The molecule has 4 heteroatoms. The highest BCUT2D eigenvalue weighted by Crippen LogP contribution is 2.43. The molecule has 1 saturated carbocycles. The summed E-state index contributed by atoms with van der Waals surface area (Å²) in [5.74, 6) is 1.94. The van der Waals surface area contributed by atoms with Crippen molar-refractivity contribution in [1.82, 2.24) is 5.32 Å². The topological polar surface area (TPSA) is 46.2 Å². The van der Waals surface area contributed by atoms with E-state index in [1.54, 1.807) is 0 Å². The molecule has 1 N–H and O–H groups in total. The predicted molar refractivity (Wildman–Crippen MR) is 91.3 cm³/mol. The minimum absolute atomic E-state index is 0.349. The van der Waals surface area contributed by atoms with Crippen molar-refractivity contribution in [3.8, 4) is 0 Å². The molecule has 0 aromatic rings. The van der Waals surface area contributed by atoms with Gasteiger partial charge in [-0.3, -0.25) is 0 Å². The molecule has 2 atom stereocenters. The second-order valence-electron chi connectivity index (χ2n) is 7.57. The number of hydrogen-bond acceptors (Lipinski definition) is 3. The molecule has 126 valence electrons. The van der Waals surface area contributed by atoms with Crippen molar-refractivity contribution in [1.29, 1.82) is 0 Å². The van der Waals surface area contributed by atoms with Gasteiger partial charge in [0.1, 0.15) is 9.84 Å². The number of nitrogens with one attached hydrogen (secondary N) is 1. The van der Waals surface area contributed by atoms with E-state index in [9.17, 15) is 8.42 Å². The van der Waals surface area contributed by atoms with Crippen LogP contribution in [0.15, 0.2) is 0 Å². The van der Waals surface area contributed by atoms with Gasteiger partial charge in [0.2, 0.25) is 0 Å². The molecule has 0 aromatic carbocycles. The Morgan fingerprint density at radius 1 is 1.10 bits per heavy atom. The molecule has 21 heavy (non-hydrogen) atoms. The maximum atomic E-state index is 12.0. The number of sulfone groups is 1. The highest BCUT2D eigenvalue weighted by molar-refractivity contribution is 7.91. The first-order valence-corrected chi connectivity index (χ1v) is 10.5. The lowest BCUT2D eigenvalue weighted by Gasteiger charge is -2.41. The standard InChI is InChI=1S/C17H35NO2S/c1-5-10-18-14-16-7-9-17(3,4)13-15(16)8-12-21(19,20)11-6-2/h15-16,18H,5-14H2,1-4H3. The fourth-order valence-electron chi connectivity index (χ4n) is 3.61. The molecule has 3 nitrogen and oxygen atoms in total. The molecular formula is C17H35NO2S. The van der Waals surface area contributed by atoms with Crippen molar-refractivity contribution >= 4 is 9.84 Å². The lowest BCUT2D eigenvalue weighted by molar-refractivity contribution is 0.114. The number of hydrogen-bond donors (Lipinski definition) is 1. The van der Waals surface area contributed by atoms with Gasteiger partial charge in [-0.05, 0) is 68.9 Å². The van der Waals surface area contributed by atoms with E-state index in [1.807, 2.05) is 6.92 Å². The molecular weight excluding hydrogens is 282 g/mol. The van der Waals surface area contributed by atoms with Crippen LogP contribution in [0, 0.1) is 17.3 Å². The Kier molecular flexibility index (Phi) is 7.69. The Balaban J connectivity index is 2.57. The van der Waals surface area contributed by atoms with Gasteiger partial charge in [0.25, 0.3) is 0 Å². The third-order valence-corrected chi connectivity index (χ3v) is 6.71. The first-order valence-electron chi connectivity index (χ1n) is 8.71. The van der Waals surface area contributed by atoms with Crippen molar-refractivity contribution < 1.29 is 8.42 Å². The van der Waals surface area contributed by atoms with Crippen LogP contribution in [-0.2, 0) is 9.84 Å². The third-order valence-electron chi connectivity index (χ3n) is 4.82. The molecule has 0 heterocycles. The summed E-state index contributed by atoms with van der Waals surface area (Å²) in [6.45, 7) is 10.9. The molecule has 0 amide bonds. The van der Waals surface area contributed by atoms with Gasteiger partial charge in [-0.15, -0.1) is 0 Å². The normalized spacial score (nSPS) is 25.9. The lowest BCUT2D eigenvalue weighted by Crippen LogP contribution is -2.37. The van der Waals surface area contributed by atoms with Gasteiger partial charge in [0, 0.05) is 5.75 Å². The van der Waals surface area contributed by atoms with E-state index < -0.39 is 9.84 Å². The Bertz CT molecular complexity index is 390. The number of rotatable bonds is 9. The van der Waals surface area contributed by atoms with Crippen LogP contribution in [0.3, 0.4) is 0 Å². The lowest BCUT2D eigenvalue weighted by atomic mass is 9.66. The Morgan fingerprint density at radius 2 is 1.81 bits per heavy atom. The van der Waals surface area contributed by atoms with Crippen LogP contribution < -0.4 is 5.32 Å². The third kappa shape index (κ3) is 7.14. The minimum Gasteiger partial charge on any atom is -0.316 e. The molecule has 0 aliphatic heterocycles. The summed E-state index contributed by atoms with van der Waals surface area (Å²) in [7, 11) is -2.84. The Morgan fingerprint density at radius 3 is 2.43 bits per heavy atom. The van der Waals surface area contributed by atoms with Crippen LogP contribution in [0.1, 0.15) is 66.2 Å². The summed E-state index contributed by atoms with van der Waals surface area (Å²) in [5, 5.41) is 3.53. The van der Waals surface area contributed by atoms with E-state index in [1.165, 1.54) is 19.3 Å². The quantitative estimate of drug-likeness (QED) is 0.660. The molecule has 2 unspecified atom stereocenters. The first kappa shape index (κ1) is 19.0. The van der Waals surface area contributed by atoms with Crippen LogP contribution in [0.5, 0.6) is 0 Å². The fraction of sp³-hybridized carbons (Fsp3) is 1.00. The highest BCUT2D eigenvalue weighted by atomic mass is 32.2. The monoisotopic (exact) mass is 317 g/mol. The SMILES string of the molecule is CCCNCC1CCC(C)(C)CC1CCS(=O)(=O)CCC. The van der Waals surface area contributed by atoms with E-state index in [0.717, 1.165) is 32.4 Å². The van der Waals surface area contributed by atoms with Crippen LogP contribution in [-0.4, -0.2) is 33.0 Å². The van der Waals surface area contributed by atoms with Crippen LogP contribution >= 0.6 is 0 Å². The van der Waals surface area contributed by atoms with Crippen molar-refractivity contribution in [2.45, 2.75) is 66.2 Å². The maximum absolute atomic E-state index is 12.0. The molecule has 1 fully saturated rings. The van der Waals surface area contributed by atoms with Gasteiger partial charge < -0.3 is 5.32 Å². The second-order valence-corrected chi connectivity index (χ2v) is 9.88. The van der Waals surface area contributed by atoms with Crippen molar-refractivity contribution in [2.75, 3.05) is 24.6 Å². The Labute approximate surface area is 132 Å². The van der Waals surface area contributed by atoms with Crippen LogP contribution in [0.25, 0.3) is 0 Å². The fourth-order valence-corrected chi connectivity index (χ4v) is 5.09. The van der Waals surface area contributed by atoms with Crippen molar-refractivity contribution in [3.63, 3.8) is 0 Å². The molecule has 0 spiro atoms. The van der Waals surface area contributed by atoms with Crippen LogP contribution in [0.2, 0.25) is 0 Å². The zero-order chi connectivity index (χ0) is 15.9. The summed E-state index contributed by atoms with van der Waals surface area (Å²) in [4.78, 5) is 0. The first-order chi connectivity index (χ1) is 9.79. The van der Waals surface area contributed by atoms with Crippen molar-refractivity contribution in [2.24, 2.45) is 17.3 Å². The van der Waals surface area contributed by atoms with E-state index >= 15 is 0 Å². The zero-order valence-electron chi connectivity index (χ0n) is 14.5. The van der Waals surface area contributed by atoms with Gasteiger partial charge >= 0.3 is 0 Å². The van der Waals surface area contributed by atoms with Gasteiger partial charge in [-0.25, -0.2) is 8.42 Å². The minimum atomic E-state index is -2.84. The molecule has 0 saturated heterocycles. The Hall–Kier alpha value is -0.0900. The predicted octanol–water partition coefficient (Wildman–Crippen LogP) is 3.64. The van der Waals surface area contributed by atoms with Gasteiger partial charge in [0.15, 0.2) is 0 Å². The largest absolute Gasteiger partial charge is 0.316 e. The van der Waals surface area contributed by atoms with Gasteiger partial charge in [0.05, 0.1) is 5.75 Å². The molecule has 1 rings (SSSR count). The molecule has 1 aliphatic rings. The average molecular weight is 318 g/mol. The maximum Gasteiger partial charge on any atom is 0.150 e. The summed E-state index contributed by atoms with van der Waals surface area (Å²) in [5.41, 5.74) is 0.375. The molecule has 0 aromatic heterocycles. The van der Waals surface area contributed by atoms with Gasteiger partial charge in [-0.1, -0.05) is 27.7 Å². The van der Waals surface area contributed by atoms with E-state index in [2.05, 4.69) is 26.1 Å². The summed E-state index contributed by atoms with van der Waals surface area (Å²) in [6, 6.07) is 0. The summed E-state index contributed by atoms with van der Waals surface area (Å²) >= 11 is 0. The zero-order valence-corrected chi connectivity index (χ0v) is 15.3. The van der Waals surface area contributed by atoms with E-state index in [0.29, 0.717) is 28.8 Å². The van der Waals surface area contributed by atoms with Gasteiger partial charge in [-0.2, -0.15) is 0 Å². The van der Waals surface area contributed by atoms with E-state index in [-0.39, 0.29) is 0 Å².